The van der Waals surface area contributed by atoms with Gasteiger partial charge >= 0.3 is 0 Å². The molecule has 124 valence electrons. The van der Waals surface area contributed by atoms with Gasteiger partial charge in [-0.3, -0.25) is 4.79 Å². The minimum atomic E-state index is 0.138. The van der Waals surface area contributed by atoms with E-state index < -0.39 is 0 Å². The van der Waals surface area contributed by atoms with Crippen LogP contribution in [0.5, 0.6) is 0 Å². The van der Waals surface area contributed by atoms with E-state index in [1.165, 1.54) is 12.8 Å². The average Bonchev–Trinajstić information content (AvgIpc) is 3.00. The second-order valence-electron chi connectivity index (χ2n) is 7.38. The van der Waals surface area contributed by atoms with Crippen LogP contribution in [-0.4, -0.2) is 45.9 Å². The van der Waals surface area contributed by atoms with Crippen LogP contribution in [0.1, 0.15) is 41.6 Å². The summed E-state index contributed by atoms with van der Waals surface area (Å²) in [5.74, 6) is 0.138. The van der Waals surface area contributed by atoms with Crippen molar-refractivity contribution in [1.82, 2.24) is 14.8 Å². The van der Waals surface area contributed by atoms with Crippen molar-refractivity contribution in [1.29, 1.82) is 0 Å². The van der Waals surface area contributed by atoms with Gasteiger partial charge in [-0.2, -0.15) is 0 Å². The Morgan fingerprint density at radius 3 is 2.58 bits per heavy atom. The van der Waals surface area contributed by atoms with E-state index in [9.17, 15) is 4.79 Å². The van der Waals surface area contributed by atoms with Crippen molar-refractivity contribution < 1.29 is 4.79 Å². The van der Waals surface area contributed by atoms with Gasteiger partial charge in [0.05, 0.1) is 17.6 Å². The first-order valence-electron chi connectivity index (χ1n) is 8.73. The van der Waals surface area contributed by atoms with Crippen LogP contribution < -0.4 is 0 Å². The number of pyridine rings is 1. The summed E-state index contributed by atoms with van der Waals surface area (Å²) in [6, 6.07) is 9.37. The SMILES string of the molecule is CN1C2CCC1CC(N1Cc3c(Cl)nc4ccccc4c3C1=O)C2. The summed E-state index contributed by atoms with van der Waals surface area (Å²) in [5, 5.41) is 1.41. The largest absolute Gasteiger partial charge is 0.331 e. The lowest BCUT2D eigenvalue weighted by Crippen LogP contribution is -2.49. The summed E-state index contributed by atoms with van der Waals surface area (Å²) >= 11 is 6.41. The van der Waals surface area contributed by atoms with Gasteiger partial charge in [0.15, 0.2) is 0 Å². The van der Waals surface area contributed by atoms with Gasteiger partial charge in [0, 0.05) is 29.1 Å². The van der Waals surface area contributed by atoms with Gasteiger partial charge in [-0.05, 0) is 38.8 Å². The van der Waals surface area contributed by atoms with E-state index in [1.807, 2.05) is 24.3 Å². The number of aromatic nitrogens is 1. The standard InChI is InChI=1S/C19H20ClN3O/c1-22-11-6-7-12(22)9-13(8-11)23-10-15-17(19(23)24)14-4-2-3-5-16(14)21-18(15)20/h2-5,11-13H,6-10H2,1H3. The molecule has 1 aromatic heterocycles. The Bertz CT molecular complexity index is 838. The Balaban J connectivity index is 1.54. The Kier molecular flexibility index (Phi) is 3.16. The first-order valence-corrected chi connectivity index (χ1v) is 9.11. The van der Waals surface area contributed by atoms with Crippen LogP contribution in [0.15, 0.2) is 24.3 Å². The molecule has 0 aliphatic carbocycles. The number of hydrogen-bond acceptors (Lipinski definition) is 3. The molecule has 1 aromatic carbocycles. The van der Waals surface area contributed by atoms with E-state index in [0.717, 1.165) is 34.9 Å². The molecule has 2 fully saturated rings. The van der Waals surface area contributed by atoms with E-state index in [2.05, 4.69) is 21.8 Å². The highest BCUT2D eigenvalue weighted by atomic mass is 35.5. The molecule has 2 saturated heterocycles. The molecule has 5 rings (SSSR count). The van der Waals surface area contributed by atoms with Gasteiger partial charge in [0.2, 0.25) is 0 Å². The lowest BCUT2D eigenvalue weighted by molar-refractivity contribution is 0.0508. The first-order chi connectivity index (χ1) is 11.6. The van der Waals surface area contributed by atoms with Crippen LogP contribution in [0, 0.1) is 0 Å². The summed E-state index contributed by atoms with van der Waals surface area (Å²) in [6.07, 6.45) is 4.68. The van der Waals surface area contributed by atoms with Crippen LogP contribution >= 0.6 is 11.6 Å². The normalized spacial score (nSPS) is 29.5. The van der Waals surface area contributed by atoms with E-state index in [-0.39, 0.29) is 5.91 Å². The van der Waals surface area contributed by atoms with Gasteiger partial charge in [0.25, 0.3) is 5.91 Å². The summed E-state index contributed by atoms with van der Waals surface area (Å²) in [7, 11) is 2.23. The lowest BCUT2D eigenvalue weighted by atomic mass is 9.96. The summed E-state index contributed by atoms with van der Waals surface area (Å²) in [4.78, 5) is 22.3. The second-order valence-corrected chi connectivity index (χ2v) is 7.74. The molecule has 2 bridgehead atoms. The fraction of sp³-hybridized carbons (Fsp3) is 0.474. The molecule has 2 aromatic rings. The van der Waals surface area contributed by atoms with Gasteiger partial charge < -0.3 is 9.80 Å². The number of para-hydroxylation sites is 1. The van der Waals surface area contributed by atoms with Crippen LogP contribution in [0.2, 0.25) is 5.15 Å². The number of fused-ring (bicyclic) bond motifs is 5. The second kappa shape index (κ2) is 5.17. The number of carbonyl (C=O) groups excluding carboxylic acids is 1. The molecular weight excluding hydrogens is 322 g/mol. The van der Waals surface area contributed by atoms with Crippen molar-refractivity contribution in [3.8, 4) is 0 Å². The third-order valence-electron chi connectivity index (χ3n) is 6.26. The topological polar surface area (TPSA) is 36.4 Å². The molecule has 0 N–H and O–H groups in total. The maximum absolute atomic E-state index is 13.2. The average molecular weight is 342 g/mol. The Morgan fingerprint density at radius 1 is 1.12 bits per heavy atom. The van der Waals surface area contributed by atoms with E-state index >= 15 is 0 Å². The fourth-order valence-electron chi connectivity index (χ4n) is 4.93. The van der Waals surface area contributed by atoms with Crippen LogP contribution in [0.4, 0.5) is 0 Å². The smallest absolute Gasteiger partial charge is 0.255 e. The number of nitrogens with zero attached hydrogens (tertiary/aromatic N) is 3. The molecule has 0 saturated carbocycles. The quantitative estimate of drug-likeness (QED) is 0.745. The summed E-state index contributed by atoms with van der Waals surface area (Å²) in [5.41, 5.74) is 2.49. The molecule has 0 radical (unpaired) electrons. The predicted molar refractivity (Wildman–Crippen MR) is 94.2 cm³/mol. The molecule has 2 atom stereocenters. The van der Waals surface area contributed by atoms with Crippen molar-refractivity contribution in [3.63, 3.8) is 0 Å². The third-order valence-corrected chi connectivity index (χ3v) is 6.57. The number of hydrogen-bond donors (Lipinski definition) is 0. The number of carbonyl (C=O) groups is 1. The molecule has 24 heavy (non-hydrogen) atoms. The maximum Gasteiger partial charge on any atom is 0.255 e. The first kappa shape index (κ1) is 14.7. The highest BCUT2D eigenvalue weighted by Gasteiger charge is 2.44. The molecule has 4 nitrogen and oxygen atoms in total. The zero-order valence-electron chi connectivity index (χ0n) is 13.7. The molecule has 3 aliphatic heterocycles. The zero-order chi connectivity index (χ0) is 16.4. The van der Waals surface area contributed by atoms with Crippen LogP contribution in [0.3, 0.4) is 0 Å². The molecule has 2 unspecified atom stereocenters. The highest BCUT2D eigenvalue weighted by Crippen LogP contribution is 2.41. The molecular formula is C19H20ClN3O. The minimum Gasteiger partial charge on any atom is -0.331 e. The monoisotopic (exact) mass is 341 g/mol. The summed E-state index contributed by atoms with van der Waals surface area (Å²) < 4.78 is 0. The molecule has 4 heterocycles. The third kappa shape index (κ3) is 1.96. The number of halogens is 1. The Morgan fingerprint density at radius 2 is 1.83 bits per heavy atom. The highest BCUT2D eigenvalue weighted by molar-refractivity contribution is 6.32. The van der Waals surface area contributed by atoms with Gasteiger partial charge in [-0.15, -0.1) is 0 Å². The van der Waals surface area contributed by atoms with Crippen molar-refractivity contribution in [2.75, 3.05) is 7.05 Å². The lowest BCUT2D eigenvalue weighted by Gasteiger charge is -2.40. The Hall–Kier alpha value is -1.65. The predicted octanol–water partition coefficient (Wildman–Crippen LogP) is 3.47. The van der Waals surface area contributed by atoms with Crippen LogP contribution in [-0.2, 0) is 6.54 Å². The Labute approximate surface area is 146 Å². The van der Waals surface area contributed by atoms with Gasteiger partial charge in [-0.1, -0.05) is 29.8 Å². The van der Waals surface area contributed by atoms with Crippen molar-refractivity contribution >= 4 is 28.4 Å². The fourth-order valence-corrected chi connectivity index (χ4v) is 5.17. The van der Waals surface area contributed by atoms with Crippen molar-refractivity contribution in [3.05, 3.63) is 40.5 Å². The van der Waals surface area contributed by atoms with Gasteiger partial charge in [-0.25, -0.2) is 4.98 Å². The van der Waals surface area contributed by atoms with Crippen molar-refractivity contribution in [2.45, 2.75) is 50.4 Å². The minimum absolute atomic E-state index is 0.138. The van der Waals surface area contributed by atoms with Crippen molar-refractivity contribution in [2.24, 2.45) is 0 Å². The van der Waals surface area contributed by atoms with E-state index in [0.29, 0.717) is 29.8 Å². The number of amides is 1. The zero-order valence-corrected chi connectivity index (χ0v) is 14.5. The van der Waals surface area contributed by atoms with Crippen LogP contribution in [0.25, 0.3) is 10.9 Å². The molecule has 1 amide bonds. The van der Waals surface area contributed by atoms with E-state index in [4.69, 9.17) is 11.6 Å². The van der Waals surface area contributed by atoms with Gasteiger partial charge in [0.1, 0.15) is 5.15 Å². The maximum atomic E-state index is 13.2. The number of benzene rings is 1. The number of rotatable bonds is 1. The molecule has 3 aliphatic rings. The molecule has 0 spiro atoms. The molecule has 5 heteroatoms. The van der Waals surface area contributed by atoms with E-state index in [1.54, 1.807) is 0 Å². The number of piperidine rings is 1. The summed E-state index contributed by atoms with van der Waals surface area (Å²) in [6.45, 7) is 0.610.